The number of rotatable bonds is 3. The first kappa shape index (κ1) is 16.0. The third kappa shape index (κ3) is 2.73. The predicted molar refractivity (Wildman–Crippen MR) is 102 cm³/mol. The van der Waals surface area contributed by atoms with E-state index in [1.165, 1.54) is 0 Å². The largest absolute Gasteiger partial charge is 0.364 e. The molecule has 2 N–H and O–H groups in total. The lowest BCUT2D eigenvalue weighted by Gasteiger charge is -2.10. The Bertz CT molecular complexity index is 1140. The minimum absolute atomic E-state index is 0.259. The molecule has 2 aromatic carbocycles. The number of nitrogens with zero attached hydrogens (tertiary/aromatic N) is 3. The number of hydrogen-bond donors (Lipinski definition) is 1. The van der Waals surface area contributed by atoms with Gasteiger partial charge < -0.3 is 5.73 Å². The number of benzene rings is 2. The molecule has 0 aliphatic heterocycles. The first-order valence-corrected chi connectivity index (χ1v) is 8.35. The fraction of sp³-hybridized carbons (Fsp3) is 0.0952. The molecule has 2 heterocycles. The lowest BCUT2D eigenvalue weighted by molar-refractivity contribution is 0.0995. The van der Waals surface area contributed by atoms with E-state index in [-0.39, 0.29) is 5.69 Å². The van der Waals surface area contributed by atoms with Crippen LogP contribution in [0.25, 0.3) is 27.7 Å². The first-order chi connectivity index (χ1) is 12.5. The molecular weight excluding hydrogens is 324 g/mol. The van der Waals surface area contributed by atoms with Gasteiger partial charge in [-0.25, -0.2) is 4.68 Å². The lowest BCUT2D eigenvalue weighted by Crippen LogP contribution is -2.12. The smallest absolute Gasteiger partial charge is 0.269 e. The molecule has 0 saturated heterocycles. The monoisotopic (exact) mass is 342 g/mol. The summed E-state index contributed by atoms with van der Waals surface area (Å²) in [4.78, 5) is 16.0. The van der Waals surface area contributed by atoms with Gasteiger partial charge in [0, 0.05) is 22.8 Å². The van der Waals surface area contributed by atoms with Crippen LogP contribution < -0.4 is 5.73 Å². The van der Waals surface area contributed by atoms with E-state index in [1.807, 2.05) is 50.4 Å². The summed E-state index contributed by atoms with van der Waals surface area (Å²) in [6.45, 7) is 3.94. The molecule has 2 aromatic heterocycles. The van der Waals surface area contributed by atoms with Gasteiger partial charge in [-0.05, 0) is 49.2 Å². The van der Waals surface area contributed by atoms with Crippen molar-refractivity contribution in [1.82, 2.24) is 14.8 Å². The fourth-order valence-electron chi connectivity index (χ4n) is 3.17. The van der Waals surface area contributed by atoms with E-state index in [2.05, 4.69) is 28.3 Å². The zero-order valence-electron chi connectivity index (χ0n) is 14.6. The van der Waals surface area contributed by atoms with Gasteiger partial charge in [-0.1, -0.05) is 30.3 Å². The summed E-state index contributed by atoms with van der Waals surface area (Å²) < 4.78 is 1.73. The van der Waals surface area contributed by atoms with Gasteiger partial charge in [0.15, 0.2) is 5.69 Å². The molecule has 0 aliphatic carbocycles. The number of fused-ring (bicyclic) bond motifs is 1. The molecule has 4 rings (SSSR count). The van der Waals surface area contributed by atoms with Crippen molar-refractivity contribution in [3.8, 4) is 16.8 Å². The van der Waals surface area contributed by atoms with Crippen molar-refractivity contribution in [3.05, 3.63) is 77.7 Å². The Morgan fingerprint density at radius 1 is 1.04 bits per heavy atom. The van der Waals surface area contributed by atoms with E-state index < -0.39 is 5.91 Å². The Kier molecular flexibility index (Phi) is 3.77. The fourth-order valence-corrected chi connectivity index (χ4v) is 3.17. The Hall–Kier alpha value is -3.47. The maximum absolute atomic E-state index is 11.4. The van der Waals surface area contributed by atoms with Gasteiger partial charge in [-0.3, -0.25) is 9.78 Å². The van der Waals surface area contributed by atoms with Crippen molar-refractivity contribution in [3.63, 3.8) is 0 Å². The Morgan fingerprint density at radius 2 is 1.85 bits per heavy atom. The predicted octanol–water partition coefficient (Wildman–Crippen LogP) is 3.80. The summed E-state index contributed by atoms with van der Waals surface area (Å²) >= 11 is 0. The van der Waals surface area contributed by atoms with Crippen molar-refractivity contribution in [2.75, 3.05) is 0 Å². The molecule has 0 bridgehead atoms. The van der Waals surface area contributed by atoms with Crippen LogP contribution in [-0.4, -0.2) is 20.7 Å². The number of nitrogens with two attached hydrogens (primary N) is 1. The average Bonchev–Trinajstić information content (AvgIpc) is 3.03. The van der Waals surface area contributed by atoms with Crippen LogP contribution in [0.15, 0.2) is 60.8 Å². The maximum Gasteiger partial charge on any atom is 0.269 e. The van der Waals surface area contributed by atoms with Crippen LogP contribution in [-0.2, 0) is 0 Å². The normalized spacial score (nSPS) is 11.0. The molecule has 0 spiro atoms. The van der Waals surface area contributed by atoms with Crippen LogP contribution in [0.5, 0.6) is 0 Å². The average molecular weight is 342 g/mol. The van der Waals surface area contributed by atoms with Gasteiger partial charge in [0.05, 0.1) is 11.2 Å². The van der Waals surface area contributed by atoms with Gasteiger partial charge in [0.1, 0.15) is 0 Å². The van der Waals surface area contributed by atoms with E-state index >= 15 is 0 Å². The highest BCUT2D eigenvalue weighted by Gasteiger charge is 2.12. The van der Waals surface area contributed by atoms with Crippen molar-refractivity contribution in [2.24, 2.45) is 5.73 Å². The third-order valence-corrected chi connectivity index (χ3v) is 4.39. The van der Waals surface area contributed by atoms with Crippen molar-refractivity contribution in [2.45, 2.75) is 13.8 Å². The molecule has 0 radical (unpaired) electrons. The number of aromatic nitrogens is 3. The number of pyridine rings is 1. The summed E-state index contributed by atoms with van der Waals surface area (Å²) in [5.74, 6) is -0.531. The molecule has 128 valence electrons. The summed E-state index contributed by atoms with van der Waals surface area (Å²) in [5.41, 5.74) is 11.5. The molecular formula is C21H18N4O. The van der Waals surface area contributed by atoms with Crippen LogP contribution in [0.1, 0.15) is 21.7 Å². The second-order valence-corrected chi connectivity index (χ2v) is 6.39. The summed E-state index contributed by atoms with van der Waals surface area (Å²) in [7, 11) is 0. The molecule has 26 heavy (non-hydrogen) atoms. The number of primary amides is 1. The lowest BCUT2D eigenvalue weighted by atomic mass is 10.0. The van der Waals surface area contributed by atoms with E-state index in [9.17, 15) is 4.79 Å². The second kappa shape index (κ2) is 6.11. The highest BCUT2D eigenvalue weighted by molar-refractivity contribution is 5.94. The number of amides is 1. The molecule has 0 unspecified atom stereocenters. The summed E-state index contributed by atoms with van der Waals surface area (Å²) in [6.07, 6.45) is 1.88. The number of carbonyl (C=O) groups is 1. The number of hydrogen-bond acceptors (Lipinski definition) is 3. The highest BCUT2D eigenvalue weighted by Crippen LogP contribution is 2.29. The Labute approximate surface area is 151 Å². The molecule has 0 fully saturated rings. The van der Waals surface area contributed by atoms with Crippen molar-refractivity contribution in [1.29, 1.82) is 0 Å². The van der Waals surface area contributed by atoms with Gasteiger partial charge in [-0.15, -0.1) is 0 Å². The molecule has 0 saturated carbocycles. The molecule has 5 nitrogen and oxygen atoms in total. The second-order valence-electron chi connectivity index (χ2n) is 6.39. The first-order valence-electron chi connectivity index (χ1n) is 8.35. The summed E-state index contributed by atoms with van der Waals surface area (Å²) in [5, 5.41) is 5.43. The number of carbonyl (C=O) groups excluding carboxylic acids is 1. The van der Waals surface area contributed by atoms with Crippen LogP contribution >= 0.6 is 0 Å². The van der Waals surface area contributed by atoms with E-state index in [0.29, 0.717) is 0 Å². The molecule has 0 aliphatic rings. The molecule has 5 heteroatoms. The van der Waals surface area contributed by atoms with E-state index in [4.69, 9.17) is 5.73 Å². The van der Waals surface area contributed by atoms with Crippen molar-refractivity contribution < 1.29 is 4.79 Å². The molecule has 4 aromatic rings. The standard InChI is InChI=1S/C21H18N4O/c1-13-9-16-6-4-8-18(20(16)23-12-13)15-5-3-7-17(11-15)25-14(2)10-19(24-25)21(22)26/h3-12H,1-2H3,(H2,22,26). The van der Waals surface area contributed by atoms with Gasteiger partial charge in [0.25, 0.3) is 5.91 Å². The minimum Gasteiger partial charge on any atom is -0.364 e. The SMILES string of the molecule is Cc1cnc2c(-c3cccc(-n4nc(C(N)=O)cc4C)c3)cccc2c1. The van der Waals surface area contributed by atoms with Gasteiger partial charge in [0.2, 0.25) is 0 Å². The Balaban J connectivity index is 1.86. The van der Waals surface area contributed by atoms with Gasteiger partial charge in [-0.2, -0.15) is 5.10 Å². The minimum atomic E-state index is -0.531. The van der Waals surface area contributed by atoms with Crippen LogP contribution in [0.3, 0.4) is 0 Å². The zero-order valence-corrected chi connectivity index (χ0v) is 14.6. The zero-order chi connectivity index (χ0) is 18.3. The highest BCUT2D eigenvalue weighted by atomic mass is 16.1. The third-order valence-electron chi connectivity index (χ3n) is 4.39. The topological polar surface area (TPSA) is 73.8 Å². The van der Waals surface area contributed by atoms with Gasteiger partial charge >= 0.3 is 0 Å². The Morgan fingerprint density at radius 3 is 2.62 bits per heavy atom. The van der Waals surface area contributed by atoms with E-state index in [1.54, 1.807) is 10.7 Å². The molecule has 0 atom stereocenters. The van der Waals surface area contributed by atoms with Crippen LogP contribution in [0, 0.1) is 13.8 Å². The van der Waals surface area contributed by atoms with Crippen molar-refractivity contribution >= 4 is 16.8 Å². The molecule has 1 amide bonds. The van der Waals surface area contributed by atoms with E-state index in [0.717, 1.165) is 39.0 Å². The number of aryl methyl sites for hydroxylation is 2. The van der Waals surface area contributed by atoms with Crippen LogP contribution in [0.4, 0.5) is 0 Å². The number of para-hydroxylation sites is 1. The quantitative estimate of drug-likeness (QED) is 0.615. The maximum atomic E-state index is 11.4. The van der Waals surface area contributed by atoms with Crippen LogP contribution in [0.2, 0.25) is 0 Å². The summed E-state index contributed by atoms with van der Waals surface area (Å²) in [6, 6.07) is 18.0.